The van der Waals surface area contributed by atoms with E-state index >= 15 is 4.39 Å². The van der Waals surface area contributed by atoms with Crippen LogP contribution in [0.4, 0.5) is 15.0 Å². The molecule has 2 saturated heterocycles. The molecule has 2 atom stereocenters. The molecule has 5 aliphatic rings. The van der Waals surface area contributed by atoms with E-state index in [4.69, 9.17) is 28.9 Å². The summed E-state index contributed by atoms with van der Waals surface area (Å²) in [6, 6.07) is 0.334. The van der Waals surface area contributed by atoms with Crippen LogP contribution < -0.4 is 9.64 Å². The van der Waals surface area contributed by atoms with Gasteiger partial charge in [0.1, 0.15) is 11.4 Å². The van der Waals surface area contributed by atoms with Crippen molar-refractivity contribution >= 4 is 11.9 Å². The second-order valence-corrected chi connectivity index (χ2v) is 13.3. The third-order valence-electron chi connectivity index (χ3n) is 9.05. The van der Waals surface area contributed by atoms with Crippen molar-refractivity contribution in [3.8, 4) is 6.01 Å². The molecular weight excluding hydrogens is 591 g/mol. The van der Waals surface area contributed by atoms with Gasteiger partial charge in [-0.1, -0.05) is 24.3 Å². The minimum absolute atomic E-state index is 0.0310. The van der Waals surface area contributed by atoms with Gasteiger partial charge in [-0.3, -0.25) is 4.90 Å². The molecule has 6 rings (SSSR count). The summed E-state index contributed by atoms with van der Waals surface area (Å²) in [6.45, 7) is 13.8. The number of aromatic nitrogens is 2. The number of nitrogens with zero attached hydrogens (tertiary/aromatic N) is 6. The second kappa shape index (κ2) is 14.0. The summed E-state index contributed by atoms with van der Waals surface area (Å²) >= 11 is 0. The van der Waals surface area contributed by atoms with Gasteiger partial charge in [0.05, 0.1) is 44.9 Å². The first-order valence-electron chi connectivity index (χ1n) is 16.5. The highest BCUT2D eigenvalue weighted by Gasteiger charge is 2.37. The number of rotatable bonds is 8. The number of carbonyl (C=O) groups excluding carboxylic acids is 1. The highest BCUT2D eigenvalue weighted by Crippen LogP contribution is 2.42. The average Bonchev–Trinajstić information content (AvgIpc) is 3.05. The predicted molar refractivity (Wildman–Crippen MR) is 172 cm³/mol. The highest BCUT2D eigenvalue weighted by molar-refractivity contribution is 5.68. The monoisotopic (exact) mass is 638 g/mol. The Bertz CT molecular complexity index is 1390. The zero-order valence-corrected chi connectivity index (χ0v) is 27.5. The molecule has 2 aliphatic carbocycles. The van der Waals surface area contributed by atoms with Gasteiger partial charge in [-0.15, -0.1) is 0 Å². The number of carbonyl (C=O) groups is 1. The molecule has 0 radical (unpaired) electrons. The first-order valence-corrected chi connectivity index (χ1v) is 16.5. The lowest BCUT2D eigenvalue weighted by atomic mass is 9.80. The summed E-state index contributed by atoms with van der Waals surface area (Å²) in [5.41, 5.74) is 1.98. The van der Waals surface area contributed by atoms with Gasteiger partial charge in [-0.2, -0.15) is 9.97 Å². The molecule has 46 heavy (non-hydrogen) atoms. The maximum Gasteiger partial charge on any atom is 0.410 e. The van der Waals surface area contributed by atoms with Crippen molar-refractivity contribution in [3.63, 3.8) is 0 Å². The van der Waals surface area contributed by atoms with Crippen LogP contribution >= 0.6 is 0 Å². The van der Waals surface area contributed by atoms with Gasteiger partial charge in [0.15, 0.2) is 11.6 Å². The van der Waals surface area contributed by atoms with Gasteiger partial charge in [0.25, 0.3) is 0 Å². The van der Waals surface area contributed by atoms with Crippen LogP contribution in [0.5, 0.6) is 6.01 Å². The van der Waals surface area contributed by atoms with Gasteiger partial charge in [-0.25, -0.2) is 9.18 Å². The van der Waals surface area contributed by atoms with Crippen LogP contribution in [0.1, 0.15) is 38.4 Å². The Hall–Kier alpha value is -3.64. The molecular formula is C34H47FN6O5. The molecule has 4 heterocycles. The Labute approximate surface area is 271 Å². The van der Waals surface area contributed by atoms with Crippen LogP contribution in [0.2, 0.25) is 0 Å². The standard InChI is InChI=1S/C34H47FN6O5/c1-34(2,3)46-33(42)40-15-13-39(14-16-40)31-26-10-12-41(30-25-9-6-5-8-24(25)22-28(43-4)29(30)35)23-27(26)36-32(37-31)45-19-7-11-38-17-20-44-21-18-38/h5-6,8-9,22,24-25H,7,10-21,23H2,1-4H3. The fraction of sp³-hybridized carbons (Fsp3) is 0.618. The van der Waals surface area contributed by atoms with E-state index in [2.05, 4.69) is 26.9 Å². The van der Waals surface area contributed by atoms with E-state index in [0.29, 0.717) is 64.0 Å². The Morgan fingerprint density at radius 3 is 2.52 bits per heavy atom. The lowest BCUT2D eigenvalue weighted by Gasteiger charge is -2.41. The fourth-order valence-corrected chi connectivity index (χ4v) is 6.71. The molecule has 0 saturated carbocycles. The number of halogens is 1. The predicted octanol–water partition coefficient (Wildman–Crippen LogP) is 4.08. The van der Waals surface area contributed by atoms with E-state index < -0.39 is 5.60 Å². The van der Waals surface area contributed by atoms with E-state index in [1.54, 1.807) is 4.90 Å². The highest BCUT2D eigenvalue weighted by atomic mass is 19.1. The minimum atomic E-state index is -0.545. The molecule has 12 heteroatoms. The van der Waals surface area contributed by atoms with Crippen LogP contribution in [0.25, 0.3) is 0 Å². The molecule has 0 N–H and O–H groups in total. The van der Waals surface area contributed by atoms with Gasteiger partial charge in [0, 0.05) is 69.8 Å². The quantitative estimate of drug-likeness (QED) is 0.388. The molecule has 0 bridgehead atoms. The number of fused-ring (bicyclic) bond motifs is 2. The molecule has 250 valence electrons. The van der Waals surface area contributed by atoms with Crippen molar-refractivity contribution in [3.05, 3.63) is 58.9 Å². The number of amides is 1. The Balaban J connectivity index is 1.22. The molecule has 0 spiro atoms. The van der Waals surface area contributed by atoms with E-state index in [0.717, 1.165) is 56.3 Å². The number of ether oxygens (including phenoxy) is 4. The van der Waals surface area contributed by atoms with Gasteiger partial charge < -0.3 is 33.6 Å². The molecule has 1 aromatic rings. The number of hydrogen-bond acceptors (Lipinski definition) is 10. The zero-order chi connectivity index (χ0) is 32.3. The first kappa shape index (κ1) is 32.3. The van der Waals surface area contributed by atoms with E-state index in [1.807, 2.05) is 39.0 Å². The molecule has 0 aromatic carbocycles. The Morgan fingerprint density at radius 1 is 1.02 bits per heavy atom. The summed E-state index contributed by atoms with van der Waals surface area (Å²) in [5.74, 6) is 0.717. The zero-order valence-electron chi connectivity index (χ0n) is 27.5. The third kappa shape index (κ3) is 7.33. The average molecular weight is 639 g/mol. The number of anilines is 1. The summed E-state index contributed by atoms with van der Waals surface area (Å²) in [5, 5.41) is 0. The van der Waals surface area contributed by atoms with Crippen LogP contribution in [0, 0.1) is 11.8 Å². The molecule has 2 fully saturated rings. The van der Waals surface area contributed by atoms with Crippen LogP contribution in [0.3, 0.4) is 0 Å². The Morgan fingerprint density at radius 2 is 1.78 bits per heavy atom. The summed E-state index contributed by atoms with van der Waals surface area (Å²) in [6.07, 6.45) is 11.2. The van der Waals surface area contributed by atoms with Crippen LogP contribution in [0.15, 0.2) is 47.7 Å². The number of morpholine rings is 1. The van der Waals surface area contributed by atoms with Crippen molar-refractivity contribution in [2.75, 3.05) is 84.2 Å². The van der Waals surface area contributed by atoms with Crippen LogP contribution in [-0.4, -0.2) is 116 Å². The topological polar surface area (TPSA) is 92.7 Å². The maximum absolute atomic E-state index is 15.9. The number of allylic oxidation sites excluding steroid dienone is 6. The smallest absolute Gasteiger partial charge is 0.410 e. The van der Waals surface area contributed by atoms with Crippen LogP contribution in [-0.2, 0) is 27.2 Å². The molecule has 11 nitrogen and oxygen atoms in total. The van der Waals surface area contributed by atoms with Gasteiger partial charge in [-0.05, 0) is 39.7 Å². The lowest BCUT2D eigenvalue weighted by Crippen LogP contribution is -2.50. The minimum Gasteiger partial charge on any atom is -0.494 e. The van der Waals surface area contributed by atoms with Crippen molar-refractivity contribution in [2.24, 2.45) is 11.8 Å². The largest absolute Gasteiger partial charge is 0.494 e. The summed E-state index contributed by atoms with van der Waals surface area (Å²) in [4.78, 5) is 31.0. The molecule has 3 aliphatic heterocycles. The van der Waals surface area contributed by atoms with E-state index in [9.17, 15) is 4.79 Å². The first-order chi connectivity index (χ1) is 22.2. The molecule has 1 amide bonds. The van der Waals surface area contributed by atoms with Gasteiger partial charge >= 0.3 is 12.1 Å². The Kier molecular flexibility index (Phi) is 9.84. The SMILES string of the molecule is COC1=CC2C=CC=CC2C(N2CCc3c(nc(OCCCN4CCOCC4)nc3N3CCN(C(=O)OC(C)(C)C)CC3)C2)=C1F. The van der Waals surface area contributed by atoms with Crippen molar-refractivity contribution in [1.82, 2.24) is 24.7 Å². The normalized spacial score (nSPS) is 23.6. The van der Waals surface area contributed by atoms with Crippen molar-refractivity contribution in [1.29, 1.82) is 0 Å². The number of piperazine rings is 1. The lowest BCUT2D eigenvalue weighted by molar-refractivity contribution is 0.0240. The van der Waals surface area contributed by atoms with E-state index in [-0.39, 0.29) is 29.5 Å². The number of methoxy groups -OCH3 is 1. The van der Waals surface area contributed by atoms with E-state index in [1.165, 1.54) is 7.11 Å². The third-order valence-corrected chi connectivity index (χ3v) is 9.05. The van der Waals surface area contributed by atoms with Crippen molar-refractivity contribution in [2.45, 2.75) is 45.8 Å². The fourth-order valence-electron chi connectivity index (χ4n) is 6.71. The summed E-state index contributed by atoms with van der Waals surface area (Å²) < 4.78 is 38.6. The molecule has 1 aromatic heterocycles. The van der Waals surface area contributed by atoms with Crippen molar-refractivity contribution < 1.29 is 28.1 Å². The number of hydrogen-bond donors (Lipinski definition) is 0. The molecule has 2 unspecified atom stereocenters. The van der Waals surface area contributed by atoms with Gasteiger partial charge in [0.2, 0.25) is 0 Å². The summed E-state index contributed by atoms with van der Waals surface area (Å²) in [7, 11) is 1.52. The maximum atomic E-state index is 15.9. The second-order valence-electron chi connectivity index (χ2n) is 13.3.